The lowest BCUT2D eigenvalue weighted by Crippen LogP contribution is -2.22. The van der Waals surface area contributed by atoms with Crippen LogP contribution < -0.4 is 14.2 Å². The van der Waals surface area contributed by atoms with Crippen molar-refractivity contribution < 1.29 is 14.2 Å². The molecule has 0 saturated carbocycles. The van der Waals surface area contributed by atoms with Crippen LogP contribution in [-0.2, 0) is 6.42 Å². The number of hydrogen-bond acceptors (Lipinski definition) is 9. The number of benzene rings is 2. The number of aromatic nitrogens is 6. The van der Waals surface area contributed by atoms with Gasteiger partial charge in [-0.05, 0) is 51.8 Å². The second kappa shape index (κ2) is 8.40. The maximum atomic E-state index is 5.97. The zero-order chi connectivity index (χ0) is 21.3. The summed E-state index contributed by atoms with van der Waals surface area (Å²) < 4.78 is 17.6. The van der Waals surface area contributed by atoms with Crippen LogP contribution in [0.4, 0.5) is 0 Å². The van der Waals surface area contributed by atoms with Crippen LogP contribution in [0.1, 0.15) is 29.2 Å². The topological polar surface area (TPSA) is 111 Å². The second-order valence-corrected chi connectivity index (χ2v) is 9.49. The molecule has 32 heavy (non-hydrogen) atoms. The highest BCUT2D eigenvalue weighted by molar-refractivity contribution is 8.76. The Balaban J connectivity index is 1.07. The second-order valence-electron chi connectivity index (χ2n) is 7.38. The van der Waals surface area contributed by atoms with E-state index in [0.717, 1.165) is 23.7 Å². The molecule has 4 heterocycles. The van der Waals surface area contributed by atoms with Gasteiger partial charge in [0.05, 0.1) is 12.5 Å². The molecular formula is C21H18N6O3S2. The molecule has 0 amide bonds. The van der Waals surface area contributed by atoms with Crippen molar-refractivity contribution in [2.24, 2.45) is 0 Å². The van der Waals surface area contributed by atoms with E-state index in [1.165, 1.54) is 27.2 Å². The first-order valence-electron chi connectivity index (χ1n) is 10.1. The number of nitrogens with one attached hydrogen (secondary N) is 2. The van der Waals surface area contributed by atoms with Crippen LogP contribution in [0.15, 0.2) is 58.8 Å². The third kappa shape index (κ3) is 3.89. The van der Waals surface area contributed by atoms with Gasteiger partial charge in [-0.1, -0.05) is 30.3 Å². The maximum Gasteiger partial charge on any atom is 0.199 e. The van der Waals surface area contributed by atoms with Crippen molar-refractivity contribution in [3.8, 4) is 17.2 Å². The molecule has 2 aromatic heterocycles. The highest BCUT2D eigenvalue weighted by Gasteiger charge is 2.26. The molecule has 0 fully saturated rings. The van der Waals surface area contributed by atoms with Crippen molar-refractivity contribution in [1.29, 1.82) is 0 Å². The highest BCUT2D eigenvalue weighted by Crippen LogP contribution is 2.38. The van der Waals surface area contributed by atoms with Gasteiger partial charge in [-0.2, -0.15) is 0 Å². The fourth-order valence-electron chi connectivity index (χ4n) is 3.66. The van der Waals surface area contributed by atoms with Crippen molar-refractivity contribution >= 4 is 21.6 Å². The molecule has 2 aromatic carbocycles. The van der Waals surface area contributed by atoms with E-state index in [9.17, 15) is 0 Å². The first kappa shape index (κ1) is 19.5. The van der Waals surface area contributed by atoms with Gasteiger partial charge in [0, 0.05) is 0 Å². The largest absolute Gasteiger partial charge is 0.493 e. The third-order valence-electron chi connectivity index (χ3n) is 5.25. The molecule has 2 atom stereocenters. The standard InChI is InChI=1S/C21H18N6O3S2/c1-2-6-14-12(5-1)9-13(10-28-14)18-22-20(26-24-18)31-32-21-23-19(25-27-21)17-11-29-15-7-3-4-8-16(15)30-17/h1-8,13,17H,9-11H2,(H,22,24,26)(H,23,25,27). The summed E-state index contributed by atoms with van der Waals surface area (Å²) in [5.74, 6) is 3.99. The van der Waals surface area contributed by atoms with Crippen LogP contribution >= 0.6 is 21.6 Å². The first-order valence-corrected chi connectivity index (χ1v) is 12.3. The predicted molar refractivity (Wildman–Crippen MR) is 118 cm³/mol. The number of ether oxygens (including phenoxy) is 3. The molecule has 0 aliphatic carbocycles. The van der Waals surface area contributed by atoms with Crippen molar-refractivity contribution in [2.75, 3.05) is 13.2 Å². The third-order valence-corrected chi connectivity index (χ3v) is 7.21. The number of rotatable bonds is 5. The van der Waals surface area contributed by atoms with Crippen LogP contribution in [0.25, 0.3) is 0 Å². The molecule has 6 rings (SSSR count). The minimum absolute atomic E-state index is 0.153. The Hall–Kier alpha value is -3.18. The summed E-state index contributed by atoms with van der Waals surface area (Å²) in [5, 5.41) is 18.4. The zero-order valence-electron chi connectivity index (χ0n) is 16.7. The molecule has 9 nitrogen and oxygen atoms in total. The summed E-state index contributed by atoms with van der Waals surface area (Å²) in [7, 11) is 2.85. The van der Waals surface area contributed by atoms with E-state index in [-0.39, 0.29) is 12.0 Å². The number of H-pyrrole nitrogens is 2. The molecule has 0 bridgehead atoms. The lowest BCUT2D eigenvalue weighted by atomic mass is 9.96. The Morgan fingerprint density at radius 3 is 2.22 bits per heavy atom. The SMILES string of the molecule is c1ccc2c(c1)CC(c1nnc(SSc3nnc(C4COc5ccccc5O4)[nH]3)[nH]1)CO2. The number of aromatic amines is 2. The predicted octanol–water partition coefficient (Wildman–Crippen LogP) is 3.95. The Labute approximate surface area is 191 Å². The lowest BCUT2D eigenvalue weighted by Gasteiger charge is -2.24. The van der Waals surface area contributed by atoms with Crippen LogP contribution in [0.2, 0.25) is 0 Å². The normalized spacial score (nSPS) is 19.2. The Kier molecular flexibility index (Phi) is 5.12. The molecule has 2 aliphatic heterocycles. The average molecular weight is 467 g/mol. The van der Waals surface area contributed by atoms with E-state index >= 15 is 0 Å². The molecule has 162 valence electrons. The van der Waals surface area contributed by atoms with E-state index in [1.807, 2.05) is 42.5 Å². The van der Waals surface area contributed by atoms with Crippen LogP contribution in [-0.4, -0.2) is 43.6 Å². The highest BCUT2D eigenvalue weighted by atomic mass is 33.1. The summed E-state index contributed by atoms with van der Waals surface area (Å²) in [4.78, 5) is 6.50. The van der Waals surface area contributed by atoms with Gasteiger partial charge in [0.25, 0.3) is 0 Å². The number of fused-ring (bicyclic) bond motifs is 2. The Morgan fingerprint density at radius 1 is 0.719 bits per heavy atom. The van der Waals surface area contributed by atoms with Gasteiger partial charge in [-0.3, -0.25) is 0 Å². The summed E-state index contributed by atoms with van der Waals surface area (Å²) in [6.45, 7) is 0.961. The van der Waals surface area contributed by atoms with Gasteiger partial charge >= 0.3 is 0 Å². The molecule has 0 saturated heterocycles. The lowest BCUT2D eigenvalue weighted by molar-refractivity contribution is 0.0852. The van der Waals surface area contributed by atoms with Gasteiger partial charge in [0.2, 0.25) is 0 Å². The van der Waals surface area contributed by atoms with Crippen LogP contribution in [0.3, 0.4) is 0 Å². The summed E-state index contributed by atoms with van der Waals surface area (Å²) >= 11 is 0. The molecule has 2 unspecified atom stereocenters. The quantitative estimate of drug-likeness (QED) is 0.422. The average Bonchev–Trinajstić information content (AvgIpc) is 3.52. The number of nitrogens with zero attached hydrogens (tertiary/aromatic N) is 4. The minimum Gasteiger partial charge on any atom is -0.493 e. The zero-order valence-corrected chi connectivity index (χ0v) is 18.4. The van der Waals surface area contributed by atoms with Crippen LogP contribution in [0.5, 0.6) is 17.2 Å². The van der Waals surface area contributed by atoms with Gasteiger partial charge in [0.1, 0.15) is 18.2 Å². The molecule has 0 radical (unpaired) electrons. The van der Waals surface area contributed by atoms with E-state index < -0.39 is 0 Å². The Bertz CT molecular complexity index is 1150. The van der Waals surface area contributed by atoms with E-state index in [4.69, 9.17) is 14.2 Å². The molecule has 4 aromatic rings. The van der Waals surface area contributed by atoms with Crippen molar-refractivity contribution in [1.82, 2.24) is 30.4 Å². The molecule has 0 spiro atoms. The van der Waals surface area contributed by atoms with E-state index in [1.54, 1.807) is 0 Å². The smallest absolute Gasteiger partial charge is 0.199 e. The molecular weight excluding hydrogens is 448 g/mol. The van der Waals surface area contributed by atoms with E-state index in [2.05, 4.69) is 36.4 Å². The van der Waals surface area contributed by atoms with Gasteiger partial charge in [0.15, 0.2) is 33.7 Å². The molecule has 11 heteroatoms. The fourth-order valence-corrected chi connectivity index (χ4v) is 5.18. The number of para-hydroxylation sites is 3. The summed E-state index contributed by atoms with van der Waals surface area (Å²) in [5.41, 5.74) is 1.19. The van der Waals surface area contributed by atoms with Crippen LogP contribution in [0, 0.1) is 0 Å². The molecule has 2 N–H and O–H groups in total. The van der Waals surface area contributed by atoms with Gasteiger partial charge < -0.3 is 24.2 Å². The number of hydrogen-bond donors (Lipinski definition) is 2. The summed E-state index contributed by atoms with van der Waals surface area (Å²) in [6, 6.07) is 15.7. The first-order chi connectivity index (χ1) is 15.8. The fraction of sp³-hybridized carbons (Fsp3) is 0.238. The maximum absolute atomic E-state index is 5.97. The Morgan fingerprint density at radius 2 is 1.38 bits per heavy atom. The molecule has 2 aliphatic rings. The van der Waals surface area contributed by atoms with Gasteiger partial charge in [-0.25, -0.2) is 0 Å². The van der Waals surface area contributed by atoms with Crippen molar-refractivity contribution in [2.45, 2.75) is 28.8 Å². The van der Waals surface area contributed by atoms with Gasteiger partial charge in [-0.15, -0.1) is 20.4 Å². The summed E-state index contributed by atoms with van der Waals surface area (Å²) in [6.07, 6.45) is 0.545. The van der Waals surface area contributed by atoms with E-state index in [0.29, 0.717) is 35.1 Å². The monoisotopic (exact) mass is 466 g/mol. The van der Waals surface area contributed by atoms with Crippen molar-refractivity contribution in [3.63, 3.8) is 0 Å². The van der Waals surface area contributed by atoms with Crippen molar-refractivity contribution in [3.05, 3.63) is 65.7 Å². The minimum atomic E-state index is -0.331.